The van der Waals surface area contributed by atoms with Crippen molar-refractivity contribution in [2.45, 2.75) is 70.7 Å². The van der Waals surface area contributed by atoms with E-state index in [-0.39, 0.29) is 24.6 Å². The molecular weight excluding hydrogens is 754 g/mol. The SMILES string of the molecule is CC(C)(C)C(=O)OC/C=C/c1ccc(O[C@@H]2O[C@H](C(=O)O)[C@@H](O)[C@H](O)[C@H]2O)c(NC(=O)CCNC(=O)C(CC(=O)CCN2C(=O)C=CC2=O)CS(=O)(=O)O)c1. The van der Waals surface area contributed by atoms with Crippen LogP contribution in [0.2, 0.25) is 0 Å². The van der Waals surface area contributed by atoms with Crippen LogP contribution in [0.1, 0.15) is 45.6 Å². The number of benzene rings is 1. The van der Waals surface area contributed by atoms with Gasteiger partial charge in [-0.2, -0.15) is 8.42 Å². The van der Waals surface area contributed by atoms with E-state index in [1.807, 2.05) is 0 Å². The highest BCUT2D eigenvalue weighted by Crippen LogP contribution is 2.31. The van der Waals surface area contributed by atoms with Gasteiger partial charge in [-0.1, -0.05) is 12.1 Å². The largest absolute Gasteiger partial charge is 0.479 e. The fraction of sp³-hybridized carbons (Fsp3) is 0.500. The molecule has 0 saturated carbocycles. The summed E-state index contributed by atoms with van der Waals surface area (Å²) in [6, 6.07) is 4.14. The summed E-state index contributed by atoms with van der Waals surface area (Å²) < 4.78 is 48.6. The topological polar surface area (TPSA) is 310 Å². The maximum Gasteiger partial charge on any atom is 0.335 e. The number of ether oxygens (including phenoxy) is 3. The number of carbonyl (C=O) groups is 7. The van der Waals surface area contributed by atoms with E-state index in [0.29, 0.717) is 5.56 Å². The number of hydrogen-bond acceptors (Lipinski definition) is 15. The first-order chi connectivity index (χ1) is 25.6. The van der Waals surface area contributed by atoms with Crippen LogP contribution in [0, 0.1) is 11.3 Å². The number of esters is 1. The van der Waals surface area contributed by atoms with E-state index in [2.05, 4.69) is 10.6 Å². The van der Waals surface area contributed by atoms with E-state index in [0.717, 1.165) is 17.1 Å². The van der Waals surface area contributed by atoms with E-state index in [4.69, 9.17) is 14.2 Å². The van der Waals surface area contributed by atoms with Gasteiger partial charge < -0.3 is 45.3 Å². The van der Waals surface area contributed by atoms with Crippen LogP contribution in [0.4, 0.5) is 5.69 Å². The molecule has 55 heavy (non-hydrogen) atoms. The van der Waals surface area contributed by atoms with Gasteiger partial charge in [0.05, 0.1) is 22.8 Å². The van der Waals surface area contributed by atoms with Gasteiger partial charge in [-0.25, -0.2) is 4.79 Å². The Bertz CT molecular complexity index is 1800. The molecule has 1 saturated heterocycles. The van der Waals surface area contributed by atoms with Crippen molar-refractivity contribution < 1.29 is 81.2 Å². The lowest BCUT2D eigenvalue weighted by atomic mass is 9.97. The number of aliphatic hydroxyl groups excluding tert-OH is 3. The summed E-state index contributed by atoms with van der Waals surface area (Å²) in [5.41, 5.74) is -0.419. The van der Waals surface area contributed by atoms with Crippen molar-refractivity contribution in [1.82, 2.24) is 10.2 Å². The number of nitrogens with zero attached hydrogens (tertiary/aromatic N) is 1. The van der Waals surface area contributed by atoms with Crippen molar-refractivity contribution in [2.24, 2.45) is 11.3 Å². The Labute approximate surface area is 314 Å². The minimum Gasteiger partial charge on any atom is -0.479 e. The number of imide groups is 1. The van der Waals surface area contributed by atoms with Crippen LogP contribution in [0.3, 0.4) is 0 Å². The van der Waals surface area contributed by atoms with Crippen LogP contribution in [-0.2, 0) is 53.2 Å². The first-order valence-corrected chi connectivity index (χ1v) is 18.3. The summed E-state index contributed by atoms with van der Waals surface area (Å²) in [5.74, 6) is -8.81. The molecule has 0 aromatic heterocycles. The summed E-state index contributed by atoms with van der Waals surface area (Å²) >= 11 is 0. The molecule has 2 aliphatic rings. The minimum absolute atomic E-state index is 0.0894. The number of aliphatic carboxylic acids is 1. The number of hydrogen-bond donors (Lipinski definition) is 7. The number of aliphatic hydroxyl groups is 3. The molecular formula is C34H43N3O17S. The smallest absolute Gasteiger partial charge is 0.335 e. The van der Waals surface area contributed by atoms with Crippen molar-refractivity contribution >= 4 is 63.2 Å². The Hall–Kier alpha value is -5.06. The quantitative estimate of drug-likeness (QED) is 0.0520. The van der Waals surface area contributed by atoms with E-state index in [1.54, 1.807) is 20.8 Å². The second kappa shape index (κ2) is 19.0. The Morgan fingerprint density at radius 1 is 1.00 bits per heavy atom. The van der Waals surface area contributed by atoms with Gasteiger partial charge in [-0.3, -0.25) is 38.2 Å². The number of Topliss-reactive ketones (excluding diaryl/α,β-unsaturated/α-hetero) is 1. The molecule has 0 aliphatic carbocycles. The van der Waals surface area contributed by atoms with Gasteiger partial charge in [0.1, 0.15) is 36.5 Å². The Morgan fingerprint density at radius 2 is 1.65 bits per heavy atom. The average Bonchev–Trinajstić information content (AvgIpc) is 3.41. The molecule has 302 valence electrons. The first-order valence-electron chi connectivity index (χ1n) is 16.7. The number of rotatable bonds is 18. The highest BCUT2D eigenvalue weighted by Gasteiger charge is 2.48. The van der Waals surface area contributed by atoms with Crippen LogP contribution < -0.4 is 15.4 Å². The van der Waals surface area contributed by atoms with E-state index in [9.17, 15) is 67.0 Å². The predicted octanol–water partition coefficient (Wildman–Crippen LogP) is -1.22. The third kappa shape index (κ3) is 13.3. The third-order valence-corrected chi connectivity index (χ3v) is 8.81. The van der Waals surface area contributed by atoms with E-state index < -0.39 is 125 Å². The van der Waals surface area contributed by atoms with Crippen LogP contribution in [0.5, 0.6) is 5.75 Å². The molecule has 20 nitrogen and oxygen atoms in total. The summed E-state index contributed by atoms with van der Waals surface area (Å²) in [7, 11) is -4.76. The number of carbonyl (C=O) groups excluding carboxylic acids is 6. The molecule has 4 amide bonds. The fourth-order valence-electron chi connectivity index (χ4n) is 5.05. The second-order valence-electron chi connectivity index (χ2n) is 13.5. The Morgan fingerprint density at radius 3 is 2.25 bits per heavy atom. The van der Waals surface area contributed by atoms with Gasteiger partial charge in [0.15, 0.2) is 6.10 Å². The summed E-state index contributed by atoms with van der Waals surface area (Å²) in [6.07, 6.45) is -6.24. The average molecular weight is 798 g/mol. The number of carboxylic acids is 1. The maximum atomic E-state index is 13.0. The molecule has 0 spiro atoms. The van der Waals surface area contributed by atoms with Gasteiger partial charge in [-0.05, 0) is 44.5 Å². The van der Waals surface area contributed by atoms with Crippen LogP contribution in [-0.4, -0.2) is 136 Å². The lowest BCUT2D eigenvalue weighted by molar-refractivity contribution is -0.271. The minimum atomic E-state index is -4.76. The van der Waals surface area contributed by atoms with Crippen LogP contribution >= 0.6 is 0 Å². The molecule has 2 heterocycles. The van der Waals surface area contributed by atoms with Crippen molar-refractivity contribution in [2.75, 3.05) is 30.8 Å². The summed E-state index contributed by atoms with van der Waals surface area (Å²) in [6.45, 7) is 4.20. The lowest BCUT2D eigenvalue weighted by Crippen LogP contribution is -2.61. The Balaban J connectivity index is 1.71. The lowest BCUT2D eigenvalue weighted by Gasteiger charge is -2.38. The van der Waals surface area contributed by atoms with E-state index >= 15 is 0 Å². The van der Waals surface area contributed by atoms with Crippen molar-refractivity contribution in [3.63, 3.8) is 0 Å². The van der Waals surface area contributed by atoms with Gasteiger partial charge in [0.2, 0.25) is 18.1 Å². The van der Waals surface area contributed by atoms with Crippen molar-refractivity contribution in [3.05, 3.63) is 42.0 Å². The van der Waals surface area contributed by atoms with Gasteiger partial charge in [-0.15, -0.1) is 0 Å². The summed E-state index contributed by atoms with van der Waals surface area (Å²) in [5, 5.41) is 44.8. The zero-order chi connectivity index (χ0) is 41.2. The molecule has 1 fully saturated rings. The molecule has 6 atom stereocenters. The third-order valence-electron chi connectivity index (χ3n) is 7.99. The van der Waals surface area contributed by atoms with Crippen molar-refractivity contribution in [1.29, 1.82) is 0 Å². The predicted molar refractivity (Wildman–Crippen MR) is 187 cm³/mol. The molecule has 2 aliphatic heterocycles. The highest BCUT2D eigenvalue weighted by atomic mass is 32.2. The summed E-state index contributed by atoms with van der Waals surface area (Å²) in [4.78, 5) is 86.3. The highest BCUT2D eigenvalue weighted by molar-refractivity contribution is 7.85. The molecule has 1 aromatic carbocycles. The fourth-order valence-corrected chi connectivity index (χ4v) is 5.83. The molecule has 3 rings (SSSR count). The number of nitrogens with one attached hydrogen (secondary N) is 2. The molecule has 1 unspecified atom stereocenters. The van der Waals surface area contributed by atoms with Gasteiger partial charge >= 0.3 is 11.9 Å². The van der Waals surface area contributed by atoms with Crippen LogP contribution in [0.25, 0.3) is 6.08 Å². The number of carboxylic acid groups (broad SMARTS) is 1. The number of anilines is 1. The molecule has 21 heteroatoms. The van der Waals surface area contributed by atoms with Crippen molar-refractivity contribution in [3.8, 4) is 5.75 Å². The molecule has 0 bridgehead atoms. The second-order valence-corrected chi connectivity index (χ2v) is 15.0. The molecule has 1 aromatic rings. The molecule has 0 radical (unpaired) electrons. The zero-order valence-corrected chi connectivity index (χ0v) is 30.8. The number of amides is 4. The van der Waals surface area contributed by atoms with Crippen LogP contribution in [0.15, 0.2) is 36.4 Å². The molecule has 7 N–H and O–H groups in total. The number of ketones is 1. The monoisotopic (exact) mass is 797 g/mol. The zero-order valence-electron chi connectivity index (χ0n) is 29.9. The standard InChI is InChI=1S/C34H43N3O17S/c1-34(2,3)33(48)52-14-4-5-18-6-7-22(53-32-28(44)26(42)27(43)29(54-32)31(46)47)21(15-18)36-23(39)10-12-35-30(45)19(17-55(49,50)51)16-20(38)11-13-37-24(40)8-9-25(37)41/h4-9,15,19,26-29,32,42-44H,10-14,16-17H2,1-3H3,(H,35,45)(H,36,39)(H,46,47)(H,49,50,51)/b5-4+/t19?,26-,27-,28+,29-,32+/m0/s1. The van der Waals surface area contributed by atoms with E-state index in [1.165, 1.54) is 30.4 Å². The maximum absolute atomic E-state index is 13.0. The van der Waals surface area contributed by atoms with Gasteiger partial charge in [0.25, 0.3) is 21.9 Å². The van der Waals surface area contributed by atoms with Gasteiger partial charge in [0, 0.05) is 44.5 Å². The normalized spacial score (nSPS) is 22.0. The first kappa shape index (κ1) is 44.3. The Kier molecular flexibility index (Phi) is 15.3.